The first-order valence-corrected chi connectivity index (χ1v) is 11.2. The summed E-state index contributed by atoms with van der Waals surface area (Å²) in [6.07, 6.45) is 8.71. The highest BCUT2D eigenvalue weighted by molar-refractivity contribution is 5.76. The lowest BCUT2D eigenvalue weighted by molar-refractivity contribution is -0.0681. The Hall–Kier alpha value is -1.76. The van der Waals surface area contributed by atoms with Crippen molar-refractivity contribution in [1.82, 2.24) is 0 Å². The first-order chi connectivity index (χ1) is 13.2. The fourth-order valence-electron chi connectivity index (χ4n) is 8.21. The Balaban J connectivity index is 1.59. The number of anilines is 2. The molecule has 140 valence electrons. The van der Waals surface area contributed by atoms with Gasteiger partial charge in [-0.25, -0.2) is 0 Å². The highest BCUT2D eigenvalue weighted by Gasteiger charge is 2.64. The van der Waals surface area contributed by atoms with E-state index in [9.17, 15) is 0 Å². The number of para-hydroxylation sites is 2. The molecule has 4 bridgehead atoms. The van der Waals surface area contributed by atoms with Gasteiger partial charge in [0.2, 0.25) is 0 Å². The minimum atomic E-state index is 0.390. The molecule has 2 aromatic carbocycles. The standard InChI is InChI=1S/C26H31N/c1-3-25-26(20-13-18-12-19(15-20)16-21(26)14-18)22-9-5-7-11-24(22)27(25)23-10-6-4-8-17(23)2/h4-11,18-21,25H,3,12-16H2,1-2H3. The normalized spacial score (nSPS) is 38.6. The fraction of sp³-hybridized carbons (Fsp3) is 0.538. The molecular weight excluding hydrogens is 326 g/mol. The lowest BCUT2D eigenvalue weighted by atomic mass is 9.42. The third-order valence-electron chi connectivity index (χ3n) is 8.74. The van der Waals surface area contributed by atoms with Gasteiger partial charge in [0.15, 0.2) is 0 Å². The Morgan fingerprint density at radius 2 is 1.41 bits per heavy atom. The molecule has 5 aliphatic rings. The molecule has 1 heterocycles. The van der Waals surface area contributed by atoms with Gasteiger partial charge in [-0.15, -0.1) is 0 Å². The van der Waals surface area contributed by atoms with E-state index >= 15 is 0 Å². The molecule has 4 saturated carbocycles. The minimum Gasteiger partial charge on any atom is -0.337 e. The van der Waals surface area contributed by atoms with Crippen molar-refractivity contribution in [1.29, 1.82) is 0 Å². The summed E-state index contributed by atoms with van der Waals surface area (Å²) in [4.78, 5) is 2.76. The van der Waals surface area contributed by atoms with E-state index in [-0.39, 0.29) is 0 Å². The van der Waals surface area contributed by atoms with Crippen LogP contribution in [0.1, 0.15) is 56.6 Å². The molecule has 4 fully saturated rings. The van der Waals surface area contributed by atoms with Crippen molar-refractivity contribution in [3.05, 3.63) is 59.7 Å². The van der Waals surface area contributed by atoms with Crippen LogP contribution in [0.15, 0.2) is 48.5 Å². The summed E-state index contributed by atoms with van der Waals surface area (Å²) in [5.74, 6) is 3.84. The predicted molar refractivity (Wildman–Crippen MR) is 113 cm³/mol. The molecule has 0 saturated heterocycles. The van der Waals surface area contributed by atoms with Gasteiger partial charge < -0.3 is 4.90 Å². The smallest absolute Gasteiger partial charge is 0.0453 e. The molecule has 0 N–H and O–H groups in total. The molecule has 1 aliphatic heterocycles. The van der Waals surface area contributed by atoms with E-state index in [1.165, 1.54) is 55.5 Å². The number of hydrogen-bond donors (Lipinski definition) is 0. The first kappa shape index (κ1) is 16.2. The second kappa shape index (κ2) is 5.63. The van der Waals surface area contributed by atoms with Crippen molar-refractivity contribution in [2.24, 2.45) is 23.7 Å². The van der Waals surface area contributed by atoms with E-state index in [0.29, 0.717) is 11.5 Å². The van der Waals surface area contributed by atoms with E-state index in [2.05, 4.69) is 67.3 Å². The summed E-state index contributed by atoms with van der Waals surface area (Å²) in [7, 11) is 0. The molecule has 27 heavy (non-hydrogen) atoms. The third kappa shape index (κ3) is 1.96. The summed E-state index contributed by atoms with van der Waals surface area (Å²) >= 11 is 0. The predicted octanol–water partition coefficient (Wildman–Crippen LogP) is 6.62. The fourth-order valence-corrected chi connectivity index (χ4v) is 8.21. The van der Waals surface area contributed by atoms with E-state index < -0.39 is 0 Å². The summed E-state index contributed by atoms with van der Waals surface area (Å²) < 4.78 is 0. The molecule has 1 heteroatoms. The third-order valence-corrected chi connectivity index (χ3v) is 8.74. The van der Waals surface area contributed by atoms with Gasteiger partial charge in [0.1, 0.15) is 0 Å². The number of fused-ring (bicyclic) bond motifs is 1. The van der Waals surface area contributed by atoms with Gasteiger partial charge in [-0.3, -0.25) is 0 Å². The lowest BCUT2D eigenvalue weighted by Gasteiger charge is -2.62. The maximum absolute atomic E-state index is 2.76. The van der Waals surface area contributed by atoms with Crippen LogP contribution in [0.25, 0.3) is 0 Å². The van der Waals surface area contributed by atoms with Crippen LogP contribution < -0.4 is 4.90 Å². The van der Waals surface area contributed by atoms with Crippen molar-refractivity contribution in [3.8, 4) is 0 Å². The number of benzene rings is 2. The molecule has 0 radical (unpaired) electrons. The average molecular weight is 358 g/mol. The highest BCUT2D eigenvalue weighted by atomic mass is 15.2. The van der Waals surface area contributed by atoms with Gasteiger partial charge in [-0.05, 0) is 92.4 Å². The van der Waals surface area contributed by atoms with Crippen molar-refractivity contribution in [2.75, 3.05) is 4.90 Å². The zero-order chi connectivity index (χ0) is 18.2. The Kier molecular flexibility index (Phi) is 3.38. The first-order valence-electron chi connectivity index (χ1n) is 11.2. The second-order valence-corrected chi connectivity index (χ2v) is 9.84. The number of rotatable bonds is 2. The highest BCUT2D eigenvalue weighted by Crippen LogP contribution is 2.69. The summed E-state index contributed by atoms with van der Waals surface area (Å²) in [6, 6.07) is 19.1. The molecule has 1 spiro atoms. The molecule has 1 unspecified atom stereocenters. The van der Waals surface area contributed by atoms with E-state index in [1.807, 2.05) is 0 Å². The van der Waals surface area contributed by atoms with Crippen LogP contribution in [-0.2, 0) is 5.41 Å². The van der Waals surface area contributed by atoms with Gasteiger partial charge in [0.25, 0.3) is 0 Å². The Bertz CT molecular complexity index is 853. The van der Waals surface area contributed by atoms with E-state index in [1.54, 1.807) is 5.56 Å². The average Bonchev–Trinajstić information content (AvgIpc) is 2.97. The van der Waals surface area contributed by atoms with Crippen LogP contribution in [0.2, 0.25) is 0 Å². The Morgan fingerprint density at radius 3 is 2.04 bits per heavy atom. The minimum absolute atomic E-state index is 0.390. The van der Waals surface area contributed by atoms with Crippen molar-refractivity contribution in [3.63, 3.8) is 0 Å². The van der Waals surface area contributed by atoms with E-state index in [4.69, 9.17) is 0 Å². The molecule has 1 nitrogen and oxygen atoms in total. The monoisotopic (exact) mass is 357 g/mol. The number of nitrogens with zero attached hydrogens (tertiary/aromatic N) is 1. The maximum atomic E-state index is 2.76. The van der Waals surface area contributed by atoms with Crippen molar-refractivity contribution >= 4 is 11.4 Å². The van der Waals surface area contributed by atoms with Crippen LogP contribution in [0.3, 0.4) is 0 Å². The molecule has 0 amide bonds. The van der Waals surface area contributed by atoms with Gasteiger partial charge >= 0.3 is 0 Å². The summed E-state index contributed by atoms with van der Waals surface area (Å²) in [6.45, 7) is 4.72. The largest absolute Gasteiger partial charge is 0.337 e. The quantitative estimate of drug-likeness (QED) is 0.584. The summed E-state index contributed by atoms with van der Waals surface area (Å²) in [5.41, 5.74) is 6.43. The Labute approximate surface area is 163 Å². The van der Waals surface area contributed by atoms with Gasteiger partial charge in [-0.2, -0.15) is 0 Å². The lowest BCUT2D eigenvalue weighted by Crippen LogP contribution is -2.61. The van der Waals surface area contributed by atoms with Crippen LogP contribution in [-0.4, -0.2) is 6.04 Å². The molecule has 4 aliphatic carbocycles. The van der Waals surface area contributed by atoms with Gasteiger partial charge in [-0.1, -0.05) is 43.3 Å². The number of hydrogen-bond acceptors (Lipinski definition) is 1. The molecule has 0 aromatic heterocycles. The molecule has 7 rings (SSSR count). The van der Waals surface area contributed by atoms with Crippen molar-refractivity contribution < 1.29 is 0 Å². The van der Waals surface area contributed by atoms with Crippen molar-refractivity contribution in [2.45, 2.75) is 63.8 Å². The summed E-state index contributed by atoms with van der Waals surface area (Å²) in [5, 5.41) is 0. The topological polar surface area (TPSA) is 3.24 Å². The Morgan fingerprint density at radius 1 is 0.815 bits per heavy atom. The SMILES string of the molecule is CCC1N(c2ccccc2C)c2ccccc2C12C1CC3CC(C1)CC2C3. The maximum Gasteiger partial charge on any atom is 0.0453 e. The van der Waals surface area contributed by atoms with Gasteiger partial charge in [0.05, 0.1) is 0 Å². The van der Waals surface area contributed by atoms with E-state index in [0.717, 1.165) is 23.7 Å². The van der Waals surface area contributed by atoms with Crippen LogP contribution in [0, 0.1) is 30.6 Å². The zero-order valence-electron chi connectivity index (χ0n) is 16.7. The number of aryl methyl sites for hydroxylation is 1. The molecule has 2 aromatic rings. The van der Waals surface area contributed by atoms with Crippen LogP contribution in [0.5, 0.6) is 0 Å². The second-order valence-electron chi connectivity index (χ2n) is 9.84. The molecule has 1 atom stereocenters. The van der Waals surface area contributed by atoms with Crippen LogP contribution >= 0.6 is 0 Å². The van der Waals surface area contributed by atoms with Crippen LogP contribution in [0.4, 0.5) is 11.4 Å². The van der Waals surface area contributed by atoms with Gasteiger partial charge in [0, 0.05) is 22.8 Å². The zero-order valence-corrected chi connectivity index (χ0v) is 16.7. The molecular formula is C26H31N.